The third-order valence-electron chi connectivity index (χ3n) is 2.49. The maximum atomic E-state index is 12.0. The number of carboxylic acids is 1. The minimum atomic E-state index is -5.07. The minimum Gasteiger partial charge on any atom is -0.480 e. The van der Waals surface area contributed by atoms with Gasteiger partial charge in [0.05, 0.1) is 0 Å². The zero-order chi connectivity index (χ0) is 14.3. The fourth-order valence-electron chi connectivity index (χ4n) is 1.35. The number of hydrogen-bond donors (Lipinski definition) is 2. The molecule has 0 rings (SSSR count). The second kappa shape index (κ2) is 7.20. The van der Waals surface area contributed by atoms with Gasteiger partial charge < -0.3 is 15.3 Å². The van der Waals surface area contributed by atoms with Crippen LogP contribution in [-0.4, -0.2) is 53.7 Å². The Morgan fingerprint density at radius 1 is 1.28 bits per heavy atom. The van der Waals surface area contributed by atoms with Gasteiger partial charge in [0.1, 0.15) is 6.04 Å². The van der Waals surface area contributed by atoms with E-state index in [0.717, 1.165) is 0 Å². The Labute approximate surface area is 103 Å². The van der Waals surface area contributed by atoms with Gasteiger partial charge in [-0.3, -0.25) is 4.79 Å². The molecule has 0 saturated heterocycles. The molecule has 1 amide bonds. The Kier molecular flexibility index (Phi) is 6.67. The summed E-state index contributed by atoms with van der Waals surface area (Å²) in [5, 5.41) is 10.2. The summed E-state index contributed by atoms with van der Waals surface area (Å²) in [5.74, 6) is -3.70. The summed E-state index contributed by atoms with van der Waals surface area (Å²) in [4.78, 5) is 23.3. The van der Waals surface area contributed by atoms with E-state index < -0.39 is 24.1 Å². The van der Waals surface area contributed by atoms with Gasteiger partial charge in [0.25, 0.3) is 0 Å². The Morgan fingerprint density at radius 3 is 2.11 bits per heavy atom. The van der Waals surface area contributed by atoms with Crippen LogP contribution >= 0.6 is 0 Å². The SMILES string of the molecule is CCN(CC)CCC(NC(=O)C(F)(F)F)C(=O)O. The number of halogens is 3. The Balaban J connectivity index is 4.41. The lowest BCUT2D eigenvalue weighted by molar-refractivity contribution is -0.175. The molecule has 0 aromatic carbocycles. The summed E-state index contributed by atoms with van der Waals surface area (Å²) in [6.07, 6.45) is -5.14. The molecule has 0 fully saturated rings. The van der Waals surface area contributed by atoms with Crippen molar-refractivity contribution in [3.8, 4) is 0 Å². The summed E-state index contributed by atoms with van der Waals surface area (Å²) in [7, 11) is 0. The summed E-state index contributed by atoms with van der Waals surface area (Å²) in [6.45, 7) is 5.34. The van der Waals surface area contributed by atoms with Gasteiger partial charge in [-0.2, -0.15) is 13.2 Å². The average molecular weight is 270 g/mol. The Bertz CT molecular complexity index is 291. The van der Waals surface area contributed by atoms with Gasteiger partial charge in [-0.05, 0) is 19.5 Å². The highest BCUT2D eigenvalue weighted by molar-refractivity contribution is 5.86. The maximum Gasteiger partial charge on any atom is 0.471 e. The smallest absolute Gasteiger partial charge is 0.471 e. The van der Waals surface area contributed by atoms with Crippen LogP contribution in [0.1, 0.15) is 20.3 Å². The fraction of sp³-hybridized carbons (Fsp3) is 0.800. The van der Waals surface area contributed by atoms with Gasteiger partial charge in [-0.15, -0.1) is 0 Å². The Hall–Kier alpha value is -1.31. The molecule has 5 nitrogen and oxygen atoms in total. The molecule has 0 bridgehead atoms. The van der Waals surface area contributed by atoms with Crippen molar-refractivity contribution < 1.29 is 27.9 Å². The predicted molar refractivity (Wildman–Crippen MR) is 58.0 cm³/mol. The molecule has 0 saturated carbocycles. The first kappa shape index (κ1) is 16.7. The minimum absolute atomic E-state index is 0.0706. The predicted octanol–water partition coefficient (Wildman–Crippen LogP) is 0.850. The number of rotatable bonds is 7. The van der Waals surface area contributed by atoms with E-state index in [0.29, 0.717) is 19.6 Å². The molecular formula is C10H17F3N2O3. The number of carbonyl (C=O) groups is 2. The second-order valence-corrected chi connectivity index (χ2v) is 3.68. The highest BCUT2D eigenvalue weighted by Crippen LogP contribution is 2.15. The van der Waals surface area contributed by atoms with Crippen LogP contribution in [0, 0.1) is 0 Å². The molecule has 106 valence electrons. The van der Waals surface area contributed by atoms with E-state index in [1.165, 1.54) is 5.32 Å². The monoisotopic (exact) mass is 270 g/mol. The van der Waals surface area contributed by atoms with E-state index in [-0.39, 0.29) is 6.42 Å². The summed E-state index contributed by atoms with van der Waals surface area (Å²) < 4.78 is 36.0. The number of nitrogens with one attached hydrogen (secondary N) is 1. The van der Waals surface area contributed by atoms with Crippen molar-refractivity contribution in [2.75, 3.05) is 19.6 Å². The van der Waals surface area contributed by atoms with Crippen molar-refractivity contribution in [1.29, 1.82) is 0 Å². The van der Waals surface area contributed by atoms with Crippen molar-refractivity contribution in [2.45, 2.75) is 32.5 Å². The zero-order valence-corrected chi connectivity index (χ0v) is 10.3. The summed E-state index contributed by atoms with van der Waals surface area (Å²) in [5.41, 5.74) is 0. The summed E-state index contributed by atoms with van der Waals surface area (Å²) in [6, 6.07) is -1.53. The molecule has 0 heterocycles. The number of amides is 1. The topological polar surface area (TPSA) is 69.6 Å². The quantitative estimate of drug-likeness (QED) is 0.719. The molecule has 1 atom stereocenters. The number of hydrogen-bond acceptors (Lipinski definition) is 3. The van der Waals surface area contributed by atoms with Gasteiger partial charge in [0.15, 0.2) is 0 Å². The Morgan fingerprint density at radius 2 is 1.78 bits per heavy atom. The van der Waals surface area contributed by atoms with E-state index in [2.05, 4.69) is 0 Å². The molecule has 0 radical (unpaired) electrons. The van der Waals surface area contributed by atoms with Crippen LogP contribution in [0.3, 0.4) is 0 Å². The van der Waals surface area contributed by atoms with Gasteiger partial charge in [-0.1, -0.05) is 13.8 Å². The molecular weight excluding hydrogens is 253 g/mol. The van der Waals surface area contributed by atoms with Crippen molar-refractivity contribution in [1.82, 2.24) is 10.2 Å². The largest absolute Gasteiger partial charge is 0.480 e. The summed E-state index contributed by atoms with van der Waals surface area (Å²) >= 11 is 0. The lowest BCUT2D eigenvalue weighted by atomic mass is 10.2. The maximum absolute atomic E-state index is 12.0. The normalized spacial score (nSPS) is 13.4. The molecule has 2 N–H and O–H groups in total. The van der Waals surface area contributed by atoms with Crippen molar-refractivity contribution >= 4 is 11.9 Å². The second-order valence-electron chi connectivity index (χ2n) is 3.68. The van der Waals surface area contributed by atoms with Crippen LogP contribution in [0.25, 0.3) is 0 Å². The van der Waals surface area contributed by atoms with Crippen LogP contribution in [0.4, 0.5) is 13.2 Å². The van der Waals surface area contributed by atoms with E-state index in [1.54, 1.807) is 0 Å². The first-order valence-electron chi connectivity index (χ1n) is 5.55. The van der Waals surface area contributed by atoms with Gasteiger partial charge >= 0.3 is 18.1 Å². The van der Waals surface area contributed by atoms with Crippen molar-refractivity contribution in [3.05, 3.63) is 0 Å². The molecule has 0 aliphatic rings. The van der Waals surface area contributed by atoms with E-state index in [9.17, 15) is 22.8 Å². The number of alkyl halides is 3. The third-order valence-corrected chi connectivity index (χ3v) is 2.49. The van der Waals surface area contributed by atoms with Gasteiger partial charge in [0, 0.05) is 6.54 Å². The number of nitrogens with zero attached hydrogens (tertiary/aromatic N) is 1. The first-order valence-corrected chi connectivity index (χ1v) is 5.55. The van der Waals surface area contributed by atoms with E-state index in [1.807, 2.05) is 18.7 Å². The molecule has 0 aromatic rings. The molecule has 0 spiro atoms. The van der Waals surface area contributed by atoms with Crippen molar-refractivity contribution in [2.24, 2.45) is 0 Å². The zero-order valence-electron chi connectivity index (χ0n) is 10.3. The lowest BCUT2D eigenvalue weighted by Gasteiger charge is -2.21. The molecule has 18 heavy (non-hydrogen) atoms. The van der Waals surface area contributed by atoms with Crippen LogP contribution in [0.5, 0.6) is 0 Å². The van der Waals surface area contributed by atoms with E-state index >= 15 is 0 Å². The molecule has 1 unspecified atom stereocenters. The fourth-order valence-corrected chi connectivity index (χ4v) is 1.35. The molecule has 0 aliphatic heterocycles. The van der Waals surface area contributed by atoms with Crippen LogP contribution in [0.2, 0.25) is 0 Å². The lowest BCUT2D eigenvalue weighted by Crippen LogP contribution is -2.48. The van der Waals surface area contributed by atoms with Gasteiger partial charge in [0.2, 0.25) is 0 Å². The number of carbonyl (C=O) groups excluding carboxylic acids is 1. The molecule has 0 aromatic heterocycles. The van der Waals surface area contributed by atoms with E-state index in [4.69, 9.17) is 5.11 Å². The number of aliphatic carboxylic acids is 1. The van der Waals surface area contributed by atoms with Crippen LogP contribution in [0.15, 0.2) is 0 Å². The molecule has 0 aliphatic carbocycles. The van der Waals surface area contributed by atoms with Gasteiger partial charge in [-0.25, -0.2) is 4.79 Å². The van der Waals surface area contributed by atoms with Crippen LogP contribution < -0.4 is 5.32 Å². The average Bonchev–Trinajstić information content (AvgIpc) is 2.26. The molecule has 8 heteroatoms. The first-order chi connectivity index (χ1) is 8.22. The highest BCUT2D eigenvalue weighted by Gasteiger charge is 2.40. The van der Waals surface area contributed by atoms with Crippen molar-refractivity contribution in [3.63, 3.8) is 0 Å². The standard InChI is InChI=1S/C10H17F3N2O3/c1-3-15(4-2)6-5-7(8(16)17)14-9(18)10(11,12)13/h7H,3-6H2,1-2H3,(H,14,18)(H,16,17). The number of carboxylic acid groups (broad SMARTS) is 1. The third kappa shape index (κ3) is 5.85. The van der Waals surface area contributed by atoms with Crippen LogP contribution in [-0.2, 0) is 9.59 Å². The highest BCUT2D eigenvalue weighted by atomic mass is 19.4.